The van der Waals surface area contributed by atoms with Crippen molar-refractivity contribution >= 4 is 29.1 Å². The summed E-state index contributed by atoms with van der Waals surface area (Å²) in [5, 5.41) is 10.5. The van der Waals surface area contributed by atoms with Crippen LogP contribution < -0.4 is 5.56 Å². The summed E-state index contributed by atoms with van der Waals surface area (Å²) in [5.74, 6) is 0. The van der Waals surface area contributed by atoms with Crippen LogP contribution in [0.3, 0.4) is 0 Å². The average Bonchev–Trinajstić information content (AvgIpc) is 3.09. The predicted octanol–water partition coefficient (Wildman–Crippen LogP) is 4.54. The molecule has 1 N–H and O–H groups in total. The van der Waals surface area contributed by atoms with E-state index in [0.29, 0.717) is 19.5 Å². The highest BCUT2D eigenvalue weighted by Crippen LogP contribution is 2.31. The minimum Gasteiger partial charge on any atom is -0.465 e. The topological polar surface area (TPSA) is 67.5 Å². The number of aryl methyl sites for hydroxylation is 1. The number of carboxylic acid groups (broad SMARTS) is 1. The molecule has 6 nitrogen and oxygen atoms in total. The number of rotatable bonds is 3. The van der Waals surface area contributed by atoms with E-state index in [9.17, 15) is 14.7 Å². The summed E-state index contributed by atoms with van der Waals surface area (Å²) in [6.07, 6.45) is 5.52. The van der Waals surface area contributed by atoms with Crippen molar-refractivity contribution in [2.75, 3.05) is 6.54 Å². The van der Waals surface area contributed by atoms with Crippen molar-refractivity contribution in [3.63, 3.8) is 0 Å². The number of fused-ring (bicyclic) bond motifs is 3. The van der Waals surface area contributed by atoms with E-state index in [1.165, 1.54) is 10.5 Å². The first-order valence-electron chi connectivity index (χ1n) is 10.6. The van der Waals surface area contributed by atoms with Crippen LogP contribution in [0.4, 0.5) is 4.79 Å². The quantitative estimate of drug-likeness (QED) is 0.524. The Kier molecular flexibility index (Phi) is 4.90. The molecule has 0 spiro atoms. The second kappa shape index (κ2) is 7.89. The van der Waals surface area contributed by atoms with Crippen molar-refractivity contribution in [2.24, 2.45) is 7.05 Å². The summed E-state index contributed by atoms with van der Waals surface area (Å²) in [5.41, 5.74) is 5.82. The Labute approximate surface area is 185 Å². The molecule has 32 heavy (non-hydrogen) atoms. The summed E-state index contributed by atoms with van der Waals surface area (Å²) < 4.78 is 3.68. The summed E-state index contributed by atoms with van der Waals surface area (Å²) in [7, 11) is 1.95. The fourth-order valence-electron chi connectivity index (χ4n) is 4.42. The number of benzene rings is 2. The van der Waals surface area contributed by atoms with Crippen molar-refractivity contribution < 1.29 is 9.90 Å². The first-order valence-corrected chi connectivity index (χ1v) is 10.6. The zero-order valence-electron chi connectivity index (χ0n) is 17.7. The molecule has 3 heterocycles. The number of nitrogens with zero attached hydrogens (tertiary/aromatic N) is 3. The Balaban J connectivity index is 1.49. The van der Waals surface area contributed by atoms with Crippen molar-refractivity contribution in [1.82, 2.24) is 14.0 Å². The van der Waals surface area contributed by atoms with Gasteiger partial charge in [-0.05, 0) is 41.3 Å². The minimum atomic E-state index is -0.894. The van der Waals surface area contributed by atoms with Crippen LogP contribution in [0, 0.1) is 0 Å². The number of hydrogen-bond donors (Lipinski definition) is 1. The Bertz CT molecular complexity index is 1410. The highest BCUT2D eigenvalue weighted by atomic mass is 16.4. The predicted molar refractivity (Wildman–Crippen MR) is 126 cm³/mol. The molecular formula is C26H23N3O3. The molecule has 0 fully saturated rings. The van der Waals surface area contributed by atoms with E-state index in [2.05, 4.69) is 0 Å². The molecule has 1 amide bonds. The number of aromatic nitrogens is 2. The van der Waals surface area contributed by atoms with Crippen LogP contribution in [0.2, 0.25) is 0 Å². The lowest BCUT2D eigenvalue weighted by Crippen LogP contribution is -2.35. The SMILES string of the molecule is Cn1c2c(c3ccc(-n4ccc(C=Cc5ccccc5)cc4=O)cc31)CCN(C(=O)O)C2. The van der Waals surface area contributed by atoms with E-state index in [4.69, 9.17) is 0 Å². The lowest BCUT2D eigenvalue weighted by atomic mass is 10.0. The van der Waals surface area contributed by atoms with Crippen molar-refractivity contribution in [2.45, 2.75) is 13.0 Å². The normalized spacial score (nSPS) is 13.6. The molecule has 0 atom stereocenters. The Hall–Kier alpha value is -4.06. The van der Waals surface area contributed by atoms with E-state index in [1.54, 1.807) is 16.8 Å². The maximum absolute atomic E-state index is 12.8. The number of hydrogen-bond acceptors (Lipinski definition) is 2. The van der Waals surface area contributed by atoms with Gasteiger partial charge in [0.2, 0.25) is 0 Å². The largest absolute Gasteiger partial charge is 0.465 e. The van der Waals surface area contributed by atoms with Gasteiger partial charge < -0.3 is 14.6 Å². The third-order valence-corrected chi connectivity index (χ3v) is 6.15. The van der Waals surface area contributed by atoms with E-state index in [-0.39, 0.29) is 5.56 Å². The monoisotopic (exact) mass is 425 g/mol. The van der Waals surface area contributed by atoms with E-state index < -0.39 is 6.09 Å². The molecule has 0 radical (unpaired) electrons. The summed E-state index contributed by atoms with van der Waals surface area (Å²) >= 11 is 0. The van der Waals surface area contributed by atoms with Gasteiger partial charge in [0.15, 0.2) is 0 Å². The molecule has 1 aliphatic rings. The second-order valence-corrected chi connectivity index (χ2v) is 8.05. The van der Waals surface area contributed by atoms with Crippen LogP contribution in [0.1, 0.15) is 22.4 Å². The fraction of sp³-hybridized carbons (Fsp3) is 0.154. The molecule has 0 bridgehead atoms. The summed E-state index contributed by atoms with van der Waals surface area (Å²) in [6.45, 7) is 0.883. The fourth-order valence-corrected chi connectivity index (χ4v) is 4.42. The standard InChI is InChI=1S/C26H23N3O3/c1-27-23-16-20(9-10-21(23)22-12-13-28(26(31)32)17-24(22)27)29-14-11-19(15-25(29)30)8-7-18-5-3-2-4-6-18/h2-11,14-16H,12-13,17H2,1H3,(H,31,32). The van der Waals surface area contributed by atoms with E-state index in [0.717, 1.165) is 33.4 Å². The summed E-state index contributed by atoms with van der Waals surface area (Å²) in [4.78, 5) is 25.7. The third kappa shape index (κ3) is 3.50. The zero-order valence-corrected chi connectivity index (χ0v) is 17.7. The van der Waals surface area contributed by atoms with Crippen molar-refractivity contribution in [1.29, 1.82) is 0 Å². The van der Waals surface area contributed by atoms with Crippen LogP contribution >= 0.6 is 0 Å². The highest BCUT2D eigenvalue weighted by Gasteiger charge is 2.25. The van der Waals surface area contributed by atoms with E-state index in [1.807, 2.05) is 78.4 Å². The van der Waals surface area contributed by atoms with Gasteiger partial charge in [-0.15, -0.1) is 0 Å². The Morgan fingerprint density at radius 2 is 1.78 bits per heavy atom. The minimum absolute atomic E-state index is 0.101. The van der Waals surface area contributed by atoms with Gasteiger partial charge in [-0.25, -0.2) is 4.79 Å². The average molecular weight is 425 g/mol. The van der Waals surface area contributed by atoms with Gasteiger partial charge >= 0.3 is 6.09 Å². The van der Waals surface area contributed by atoms with Gasteiger partial charge in [0.1, 0.15) is 0 Å². The van der Waals surface area contributed by atoms with Gasteiger partial charge in [0, 0.05) is 36.9 Å². The molecule has 1 aliphatic heterocycles. The van der Waals surface area contributed by atoms with Gasteiger partial charge in [-0.2, -0.15) is 0 Å². The molecule has 6 heteroatoms. The molecule has 2 aromatic carbocycles. The molecule has 160 valence electrons. The Morgan fingerprint density at radius 1 is 1.00 bits per heavy atom. The molecule has 0 saturated carbocycles. The first-order chi connectivity index (χ1) is 15.5. The highest BCUT2D eigenvalue weighted by molar-refractivity contribution is 5.88. The molecule has 5 rings (SSSR count). The second-order valence-electron chi connectivity index (χ2n) is 8.05. The van der Waals surface area contributed by atoms with Gasteiger partial charge in [0.05, 0.1) is 17.7 Å². The van der Waals surface area contributed by atoms with E-state index >= 15 is 0 Å². The Morgan fingerprint density at radius 3 is 2.53 bits per heavy atom. The molecular weight excluding hydrogens is 402 g/mol. The van der Waals surface area contributed by atoms with Crippen LogP contribution in [0.5, 0.6) is 0 Å². The maximum Gasteiger partial charge on any atom is 0.407 e. The van der Waals surface area contributed by atoms with Gasteiger partial charge in [0.25, 0.3) is 5.56 Å². The number of amides is 1. The van der Waals surface area contributed by atoms with Crippen molar-refractivity contribution in [3.8, 4) is 5.69 Å². The first kappa shape index (κ1) is 19.9. The van der Waals surface area contributed by atoms with Crippen LogP contribution in [0.15, 0.2) is 71.7 Å². The third-order valence-electron chi connectivity index (χ3n) is 6.15. The van der Waals surface area contributed by atoms with Crippen LogP contribution in [-0.2, 0) is 20.0 Å². The maximum atomic E-state index is 12.8. The lowest BCUT2D eigenvalue weighted by Gasteiger charge is -2.25. The number of carbonyl (C=O) groups is 1. The van der Waals surface area contributed by atoms with Crippen LogP contribution in [-0.4, -0.2) is 31.8 Å². The van der Waals surface area contributed by atoms with Crippen LogP contribution in [0.25, 0.3) is 28.7 Å². The smallest absolute Gasteiger partial charge is 0.407 e. The molecule has 0 unspecified atom stereocenters. The molecule has 0 saturated heterocycles. The van der Waals surface area contributed by atoms with Gasteiger partial charge in [-0.3, -0.25) is 9.36 Å². The number of pyridine rings is 1. The van der Waals surface area contributed by atoms with Crippen molar-refractivity contribution in [3.05, 3.63) is 99.6 Å². The summed E-state index contributed by atoms with van der Waals surface area (Å²) in [6, 6.07) is 19.5. The lowest BCUT2D eigenvalue weighted by molar-refractivity contribution is 0.139. The molecule has 2 aromatic heterocycles. The van der Waals surface area contributed by atoms with Gasteiger partial charge in [-0.1, -0.05) is 48.6 Å². The zero-order chi connectivity index (χ0) is 22.2. The molecule has 4 aromatic rings. The molecule has 0 aliphatic carbocycles.